The lowest BCUT2D eigenvalue weighted by atomic mass is 10.2. The first kappa shape index (κ1) is 14.4. The Labute approximate surface area is 122 Å². The minimum absolute atomic E-state index is 0.304. The van der Waals surface area contributed by atoms with Crippen molar-refractivity contribution < 1.29 is 14.7 Å². The van der Waals surface area contributed by atoms with Crippen LogP contribution in [0.1, 0.15) is 16.1 Å². The SMILES string of the molecule is CSCC[C@@H](NC(=O)c1cc2sccc2s1)C(=O)O. The van der Waals surface area contributed by atoms with Crippen LogP contribution in [0.2, 0.25) is 0 Å². The van der Waals surface area contributed by atoms with Crippen molar-refractivity contribution in [2.24, 2.45) is 0 Å². The van der Waals surface area contributed by atoms with Gasteiger partial charge < -0.3 is 10.4 Å². The van der Waals surface area contributed by atoms with E-state index in [2.05, 4.69) is 5.32 Å². The number of thioether (sulfide) groups is 1. The van der Waals surface area contributed by atoms with Crippen molar-refractivity contribution >= 4 is 55.7 Å². The summed E-state index contributed by atoms with van der Waals surface area (Å²) in [6.45, 7) is 0. The number of aliphatic carboxylic acids is 1. The third-order valence-corrected chi connectivity index (χ3v) is 5.31. The average Bonchev–Trinajstić information content (AvgIpc) is 2.94. The number of fused-ring (bicyclic) bond motifs is 1. The fourth-order valence-corrected chi connectivity index (χ4v) is 4.08. The number of carboxylic acid groups (broad SMARTS) is 1. The van der Waals surface area contributed by atoms with E-state index in [4.69, 9.17) is 5.11 Å². The van der Waals surface area contributed by atoms with E-state index in [9.17, 15) is 9.59 Å². The molecule has 2 aromatic rings. The molecule has 0 unspecified atom stereocenters. The van der Waals surface area contributed by atoms with Crippen LogP contribution in [0.5, 0.6) is 0 Å². The zero-order valence-corrected chi connectivity index (χ0v) is 12.7. The van der Waals surface area contributed by atoms with Gasteiger partial charge >= 0.3 is 5.97 Å². The quantitative estimate of drug-likeness (QED) is 0.860. The van der Waals surface area contributed by atoms with Crippen LogP contribution in [0.4, 0.5) is 0 Å². The number of rotatable bonds is 6. The van der Waals surface area contributed by atoms with Crippen molar-refractivity contribution in [3.8, 4) is 0 Å². The zero-order chi connectivity index (χ0) is 13.8. The molecular formula is C12H13NO3S3. The van der Waals surface area contributed by atoms with Gasteiger partial charge in [0.05, 0.1) is 4.88 Å². The Balaban J connectivity index is 2.06. The minimum atomic E-state index is -0.985. The molecular weight excluding hydrogens is 302 g/mol. The number of carboxylic acids is 1. The highest BCUT2D eigenvalue weighted by Crippen LogP contribution is 2.29. The van der Waals surface area contributed by atoms with E-state index >= 15 is 0 Å². The molecule has 1 atom stereocenters. The van der Waals surface area contributed by atoms with Gasteiger partial charge in [-0.05, 0) is 35.9 Å². The molecule has 0 spiro atoms. The molecule has 0 aromatic carbocycles. The fraction of sp³-hybridized carbons (Fsp3) is 0.333. The van der Waals surface area contributed by atoms with E-state index in [1.54, 1.807) is 23.1 Å². The van der Waals surface area contributed by atoms with Gasteiger partial charge in [0, 0.05) is 9.40 Å². The van der Waals surface area contributed by atoms with Gasteiger partial charge in [-0.25, -0.2) is 4.79 Å². The second kappa shape index (κ2) is 6.40. The van der Waals surface area contributed by atoms with Crippen molar-refractivity contribution in [1.82, 2.24) is 5.32 Å². The van der Waals surface area contributed by atoms with Gasteiger partial charge in [0.2, 0.25) is 0 Å². The lowest BCUT2D eigenvalue weighted by Crippen LogP contribution is -2.40. The topological polar surface area (TPSA) is 66.4 Å². The van der Waals surface area contributed by atoms with Crippen LogP contribution in [0.3, 0.4) is 0 Å². The molecule has 0 saturated carbocycles. The molecule has 0 aliphatic carbocycles. The Morgan fingerprint density at radius 1 is 1.47 bits per heavy atom. The number of carbonyl (C=O) groups excluding carboxylic acids is 1. The predicted molar refractivity (Wildman–Crippen MR) is 81.6 cm³/mol. The van der Waals surface area contributed by atoms with Gasteiger partial charge in [-0.2, -0.15) is 11.8 Å². The standard InChI is InChI=1S/C12H13NO3S3/c1-17-4-2-7(12(15)16)13-11(14)10-6-9-8(19-10)3-5-18-9/h3,5-7H,2,4H2,1H3,(H,13,14)(H,15,16)/t7-/m1/s1. The molecule has 0 bridgehead atoms. The number of hydrogen-bond acceptors (Lipinski definition) is 5. The first-order valence-electron chi connectivity index (χ1n) is 5.61. The van der Waals surface area contributed by atoms with E-state index in [0.29, 0.717) is 17.1 Å². The molecule has 1 amide bonds. The number of thiophene rings is 2. The van der Waals surface area contributed by atoms with Gasteiger partial charge in [0.15, 0.2) is 0 Å². The Morgan fingerprint density at radius 2 is 2.26 bits per heavy atom. The van der Waals surface area contributed by atoms with Crippen LogP contribution < -0.4 is 5.32 Å². The summed E-state index contributed by atoms with van der Waals surface area (Å²) < 4.78 is 2.12. The number of nitrogens with one attached hydrogen (secondary N) is 1. The Bertz CT molecular complexity index is 561. The van der Waals surface area contributed by atoms with Crippen molar-refractivity contribution in [2.45, 2.75) is 12.5 Å². The van der Waals surface area contributed by atoms with Crippen LogP contribution in [0, 0.1) is 0 Å². The Kier molecular flexibility index (Phi) is 4.84. The molecule has 0 aliphatic rings. The number of carbonyl (C=O) groups is 2. The van der Waals surface area contributed by atoms with E-state index in [1.807, 2.05) is 23.8 Å². The van der Waals surface area contributed by atoms with Gasteiger partial charge in [-0.1, -0.05) is 0 Å². The lowest BCUT2D eigenvalue weighted by molar-refractivity contribution is -0.139. The summed E-state index contributed by atoms with van der Waals surface area (Å²) in [6.07, 6.45) is 2.34. The monoisotopic (exact) mass is 315 g/mol. The maximum absolute atomic E-state index is 12.0. The molecule has 0 aliphatic heterocycles. The first-order chi connectivity index (χ1) is 9.11. The van der Waals surface area contributed by atoms with Gasteiger partial charge in [-0.3, -0.25) is 4.79 Å². The maximum Gasteiger partial charge on any atom is 0.326 e. The van der Waals surface area contributed by atoms with Crippen molar-refractivity contribution in [1.29, 1.82) is 0 Å². The molecule has 2 heterocycles. The minimum Gasteiger partial charge on any atom is -0.480 e. The summed E-state index contributed by atoms with van der Waals surface area (Å²) in [5, 5.41) is 13.6. The molecule has 2 rings (SSSR count). The molecule has 2 N–H and O–H groups in total. The lowest BCUT2D eigenvalue weighted by Gasteiger charge is -2.12. The van der Waals surface area contributed by atoms with Crippen molar-refractivity contribution in [3.05, 3.63) is 22.4 Å². The number of hydrogen-bond donors (Lipinski definition) is 2. The van der Waals surface area contributed by atoms with E-state index in [0.717, 1.165) is 9.40 Å². The van der Waals surface area contributed by atoms with Crippen LogP contribution >= 0.6 is 34.4 Å². The molecule has 102 valence electrons. The van der Waals surface area contributed by atoms with Gasteiger partial charge in [-0.15, -0.1) is 22.7 Å². The first-order valence-corrected chi connectivity index (χ1v) is 8.70. The molecule has 4 nitrogen and oxygen atoms in total. The number of amides is 1. The van der Waals surface area contributed by atoms with E-state index < -0.39 is 12.0 Å². The normalized spacial score (nSPS) is 12.5. The maximum atomic E-state index is 12.0. The summed E-state index contributed by atoms with van der Waals surface area (Å²) in [6, 6.07) is 2.96. The van der Waals surface area contributed by atoms with E-state index in [1.165, 1.54) is 11.3 Å². The summed E-state index contributed by atoms with van der Waals surface area (Å²) >= 11 is 4.53. The summed E-state index contributed by atoms with van der Waals surface area (Å²) in [7, 11) is 0. The third-order valence-electron chi connectivity index (χ3n) is 2.58. The van der Waals surface area contributed by atoms with Crippen molar-refractivity contribution in [3.63, 3.8) is 0 Å². The highest BCUT2D eigenvalue weighted by atomic mass is 32.2. The molecule has 0 radical (unpaired) electrons. The van der Waals surface area contributed by atoms with E-state index in [-0.39, 0.29) is 5.91 Å². The second-order valence-corrected chi connectivity index (χ2v) is 6.92. The zero-order valence-electron chi connectivity index (χ0n) is 10.2. The highest BCUT2D eigenvalue weighted by Gasteiger charge is 2.21. The Morgan fingerprint density at radius 3 is 2.89 bits per heavy atom. The molecule has 0 fully saturated rings. The molecule has 2 aromatic heterocycles. The van der Waals surface area contributed by atoms with Gasteiger partial charge in [0.1, 0.15) is 6.04 Å². The summed E-state index contributed by atoms with van der Waals surface area (Å²) in [4.78, 5) is 23.7. The smallest absolute Gasteiger partial charge is 0.326 e. The predicted octanol–water partition coefficient (Wildman–Crippen LogP) is 2.90. The molecule has 19 heavy (non-hydrogen) atoms. The Hall–Kier alpha value is -1.05. The largest absolute Gasteiger partial charge is 0.480 e. The average molecular weight is 315 g/mol. The van der Waals surface area contributed by atoms with Crippen LogP contribution in [-0.2, 0) is 4.79 Å². The second-order valence-electron chi connectivity index (χ2n) is 3.91. The van der Waals surface area contributed by atoms with Crippen LogP contribution in [0.25, 0.3) is 9.40 Å². The fourth-order valence-electron chi connectivity index (χ4n) is 1.60. The summed E-state index contributed by atoms with van der Waals surface area (Å²) in [5.41, 5.74) is 0. The van der Waals surface area contributed by atoms with Crippen LogP contribution in [0.15, 0.2) is 17.5 Å². The van der Waals surface area contributed by atoms with Crippen molar-refractivity contribution in [2.75, 3.05) is 12.0 Å². The summed E-state index contributed by atoms with van der Waals surface area (Å²) in [5.74, 6) is -0.584. The van der Waals surface area contributed by atoms with Crippen LogP contribution in [-0.4, -0.2) is 35.0 Å². The molecule has 7 heteroatoms. The third kappa shape index (κ3) is 3.49. The van der Waals surface area contributed by atoms with Gasteiger partial charge in [0.25, 0.3) is 5.91 Å². The molecule has 0 saturated heterocycles. The highest BCUT2D eigenvalue weighted by molar-refractivity contribution is 7.98.